The average molecular weight is 326 g/mol. The molecule has 0 aromatic carbocycles. The molecule has 0 bridgehead atoms. The van der Waals surface area contributed by atoms with Crippen LogP contribution in [0.2, 0.25) is 0 Å². The van der Waals surface area contributed by atoms with Crippen LogP contribution in [0.25, 0.3) is 22.6 Å². The van der Waals surface area contributed by atoms with Crippen LogP contribution < -0.4 is 5.73 Å². The molecule has 7 heteroatoms. The second kappa shape index (κ2) is 5.81. The number of nitrogens with zero attached hydrogens (tertiary/aromatic N) is 5. The molecule has 0 unspecified atom stereocenters. The summed E-state index contributed by atoms with van der Waals surface area (Å²) in [4.78, 5) is 16.9. The number of nitrogens with two attached hydrogens (primary N) is 1. The normalized spacial score (nSPS) is 21.2. The van der Waals surface area contributed by atoms with E-state index in [1.807, 2.05) is 0 Å². The molecular weight excluding hydrogens is 307 g/mol. The maximum Gasteiger partial charge on any atom is 0.167 e. The number of nitrogen functional groups attached to an aromatic ring is 1. The molecule has 4 rings (SSSR count). The van der Waals surface area contributed by atoms with Crippen molar-refractivity contribution in [2.45, 2.75) is 38.6 Å². The third-order valence-electron chi connectivity index (χ3n) is 4.84. The molecule has 24 heavy (non-hydrogen) atoms. The Kier molecular flexibility index (Phi) is 3.63. The van der Waals surface area contributed by atoms with Gasteiger partial charge in [-0.15, -0.1) is 0 Å². The van der Waals surface area contributed by atoms with Crippen LogP contribution in [0.1, 0.15) is 38.6 Å². The van der Waals surface area contributed by atoms with Crippen molar-refractivity contribution < 1.29 is 4.39 Å². The molecule has 124 valence electrons. The van der Waals surface area contributed by atoms with Gasteiger partial charge >= 0.3 is 0 Å². The summed E-state index contributed by atoms with van der Waals surface area (Å²) in [5.41, 5.74) is 7.59. The van der Waals surface area contributed by atoms with E-state index < -0.39 is 5.82 Å². The summed E-state index contributed by atoms with van der Waals surface area (Å²) in [5.74, 6) is 0.839. The van der Waals surface area contributed by atoms with E-state index in [-0.39, 0.29) is 11.6 Å². The number of pyridine rings is 1. The van der Waals surface area contributed by atoms with Gasteiger partial charge in [-0.1, -0.05) is 6.92 Å². The molecule has 3 aromatic heterocycles. The number of rotatable bonds is 2. The Morgan fingerprint density at radius 3 is 2.75 bits per heavy atom. The Morgan fingerprint density at radius 2 is 2.00 bits per heavy atom. The van der Waals surface area contributed by atoms with Crippen molar-refractivity contribution in [3.8, 4) is 11.4 Å². The molecular formula is C17H19FN6. The molecule has 3 aromatic rings. The summed E-state index contributed by atoms with van der Waals surface area (Å²) in [6.07, 6.45) is 9.02. The molecule has 1 fully saturated rings. The van der Waals surface area contributed by atoms with Crippen LogP contribution in [0, 0.1) is 11.7 Å². The molecule has 1 aliphatic carbocycles. The summed E-state index contributed by atoms with van der Waals surface area (Å²) in [7, 11) is 0. The molecule has 3 heterocycles. The molecule has 0 spiro atoms. The third kappa shape index (κ3) is 2.50. The van der Waals surface area contributed by atoms with E-state index in [0.717, 1.165) is 25.0 Å². The average Bonchev–Trinajstić information content (AvgIpc) is 3.00. The molecule has 0 amide bonds. The van der Waals surface area contributed by atoms with E-state index in [9.17, 15) is 4.39 Å². The minimum atomic E-state index is -0.464. The minimum absolute atomic E-state index is 0.269. The fourth-order valence-electron chi connectivity index (χ4n) is 3.40. The molecule has 1 saturated carbocycles. The van der Waals surface area contributed by atoms with Gasteiger partial charge in [-0.05, 0) is 37.7 Å². The van der Waals surface area contributed by atoms with Gasteiger partial charge in [0.25, 0.3) is 0 Å². The fraction of sp³-hybridized carbons (Fsp3) is 0.412. The van der Waals surface area contributed by atoms with E-state index in [2.05, 4.69) is 31.4 Å². The highest BCUT2D eigenvalue weighted by molar-refractivity contribution is 5.83. The van der Waals surface area contributed by atoms with Gasteiger partial charge < -0.3 is 10.3 Å². The highest BCUT2D eigenvalue weighted by Gasteiger charge is 2.23. The van der Waals surface area contributed by atoms with Gasteiger partial charge in [-0.2, -0.15) is 0 Å². The van der Waals surface area contributed by atoms with Crippen molar-refractivity contribution in [3.05, 3.63) is 30.6 Å². The standard InChI is InChI=1S/C17H19FN6/c1-10-2-4-11(5-3-10)24-9-21-14-15(19)22-16(23-17(14)24)12-6-7-20-8-13(12)18/h6-11H,2-5H2,1H3,(H2,19,22,23). The van der Waals surface area contributed by atoms with E-state index in [1.165, 1.54) is 19.0 Å². The van der Waals surface area contributed by atoms with Gasteiger partial charge in [0.1, 0.15) is 5.52 Å². The van der Waals surface area contributed by atoms with Gasteiger partial charge in [-0.25, -0.2) is 19.3 Å². The minimum Gasteiger partial charge on any atom is -0.382 e. The monoisotopic (exact) mass is 326 g/mol. The lowest BCUT2D eigenvalue weighted by Gasteiger charge is -2.27. The van der Waals surface area contributed by atoms with Crippen LogP contribution in [-0.2, 0) is 0 Å². The van der Waals surface area contributed by atoms with Gasteiger partial charge in [0, 0.05) is 12.2 Å². The van der Waals surface area contributed by atoms with Crippen molar-refractivity contribution in [1.29, 1.82) is 0 Å². The molecule has 0 aliphatic heterocycles. The first-order valence-electron chi connectivity index (χ1n) is 8.23. The van der Waals surface area contributed by atoms with Gasteiger partial charge in [0.05, 0.1) is 18.1 Å². The second-order valence-electron chi connectivity index (χ2n) is 6.53. The lowest BCUT2D eigenvalue weighted by Crippen LogP contribution is -2.16. The summed E-state index contributed by atoms with van der Waals surface area (Å²) >= 11 is 0. The van der Waals surface area contributed by atoms with Crippen molar-refractivity contribution in [2.75, 3.05) is 5.73 Å². The Labute approximate surface area is 139 Å². The zero-order valence-electron chi connectivity index (χ0n) is 13.5. The van der Waals surface area contributed by atoms with Crippen LogP contribution in [0.5, 0.6) is 0 Å². The largest absolute Gasteiger partial charge is 0.382 e. The quantitative estimate of drug-likeness (QED) is 0.781. The predicted molar refractivity (Wildman–Crippen MR) is 89.6 cm³/mol. The molecule has 0 saturated heterocycles. The van der Waals surface area contributed by atoms with E-state index >= 15 is 0 Å². The molecule has 0 radical (unpaired) electrons. The SMILES string of the molecule is CC1CCC(n2cnc3c(N)nc(-c4ccncc4F)nc32)CC1. The maximum atomic E-state index is 14.0. The Morgan fingerprint density at radius 1 is 1.21 bits per heavy atom. The zero-order chi connectivity index (χ0) is 16.7. The summed E-state index contributed by atoms with van der Waals surface area (Å²) in [6.45, 7) is 2.28. The van der Waals surface area contributed by atoms with Crippen molar-refractivity contribution in [1.82, 2.24) is 24.5 Å². The highest BCUT2D eigenvalue weighted by Crippen LogP contribution is 2.34. The van der Waals surface area contributed by atoms with Crippen molar-refractivity contribution in [2.24, 2.45) is 5.92 Å². The van der Waals surface area contributed by atoms with Gasteiger partial charge in [-0.3, -0.25) is 4.98 Å². The van der Waals surface area contributed by atoms with Crippen LogP contribution in [0.15, 0.2) is 24.8 Å². The van der Waals surface area contributed by atoms with Crippen LogP contribution in [0.4, 0.5) is 10.2 Å². The number of anilines is 1. The highest BCUT2D eigenvalue weighted by atomic mass is 19.1. The maximum absolute atomic E-state index is 14.0. The summed E-state index contributed by atoms with van der Waals surface area (Å²) < 4.78 is 16.1. The second-order valence-corrected chi connectivity index (χ2v) is 6.53. The zero-order valence-corrected chi connectivity index (χ0v) is 13.5. The lowest BCUT2D eigenvalue weighted by molar-refractivity contribution is 0.293. The number of imidazole rings is 1. The molecule has 1 aliphatic rings. The van der Waals surface area contributed by atoms with E-state index in [4.69, 9.17) is 5.73 Å². The van der Waals surface area contributed by atoms with Gasteiger partial charge in [0.15, 0.2) is 23.1 Å². The predicted octanol–water partition coefficient (Wildman–Crippen LogP) is 3.36. The fourth-order valence-corrected chi connectivity index (χ4v) is 3.40. The van der Waals surface area contributed by atoms with E-state index in [0.29, 0.717) is 22.8 Å². The van der Waals surface area contributed by atoms with Crippen molar-refractivity contribution >= 4 is 17.0 Å². The molecule has 2 N–H and O–H groups in total. The third-order valence-corrected chi connectivity index (χ3v) is 4.84. The molecule has 0 atom stereocenters. The Hall–Kier alpha value is -2.57. The number of fused-ring (bicyclic) bond motifs is 1. The van der Waals surface area contributed by atoms with Crippen LogP contribution in [0.3, 0.4) is 0 Å². The lowest BCUT2D eigenvalue weighted by atomic mass is 9.87. The summed E-state index contributed by atoms with van der Waals surface area (Å²) in [6, 6.07) is 1.91. The van der Waals surface area contributed by atoms with E-state index in [1.54, 1.807) is 12.4 Å². The van der Waals surface area contributed by atoms with Gasteiger partial charge in [0.2, 0.25) is 0 Å². The number of hydrogen-bond donors (Lipinski definition) is 1. The number of halogens is 1. The smallest absolute Gasteiger partial charge is 0.167 e. The first-order valence-corrected chi connectivity index (χ1v) is 8.23. The number of hydrogen-bond acceptors (Lipinski definition) is 5. The Bertz CT molecular complexity index is 882. The first kappa shape index (κ1) is 15.0. The topological polar surface area (TPSA) is 82.5 Å². The molecule has 6 nitrogen and oxygen atoms in total. The summed E-state index contributed by atoms with van der Waals surface area (Å²) in [5, 5.41) is 0. The van der Waals surface area contributed by atoms with Crippen LogP contribution in [-0.4, -0.2) is 24.5 Å². The number of aromatic nitrogens is 5. The Balaban J connectivity index is 1.82. The van der Waals surface area contributed by atoms with Crippen molar-refractivity contribution in [3.63, 3.8) is 0 Å². The first-order chi connectivity index (χ1) is 11.6. The van der Waals surface area contributed by atoms with Crippen LogP contribution >= 0.6 is 0 Å².